The van der Waals surface area contributed by atoms with Gasteiger partial charge in [0.15, 0.2) is 0 Å². The molecule has 1 aromatic carbocycles. The maximum atomic E-state index is 11.1. The van der Waals surface area contributed by atoms with Gasteiger partial charge in [0.1, 0.15) is 22.9 Å². The number of aryl methyl sites for hydroxylation is 2. The van der Waals surface area contributed by atoms with Crippen molar-refractivity contribution < 1.29 is 19.0 Å². The van der Waals surface area contributed by atoms with Crippen molar-refractivity contribution in [3.8, 4) is 11.3 Å². The molecule has 0 saturated heterocycles. The molecule has 0 bridgehead atoms. The lowest BCUT2D eigenvalue weighted by atomic mass is 10.0. The van der Waals surface area contributed by atoms with Crippen LogP contribution in [0.4, 0.5) is 5.69 Å². The quantitative estimate of drug-likeness (QED) is 0.515. The number of nitro groups is 1. The van der Waals surface area contributed by atoms with Gasteiger partial charge in [0.05, 0.1) is 10.5 Å². The number of nitrogens with one attached hydrogen (secondary N) is 1. The zero-order chi connectivity index (χ0) is 17.3. The molecule has 2 aromatic heterocycles. The van der Waals surface area contributed by atoms with Gasteiger partial charge < -0.3 is 8.83 Å². The molecule has 0 aliphatic heterocycles. The van der Waals surface area contributed by atoms with Gasteiger partial charge in [0, 0.05) is 29.6 Å². The normalized spacial score (nSPS) is 10.9. The SMILES string of the molecule is C=C(CCc1oc2ccc([N+](=O)[O-])cc2c1-c1ccc(C)o1)NO. The Labute approximate surface area is 137 Å². The molecule has 0 amide bonds. The summed E-state index contributed by atoms with van der Waals surface area (Å²) in [7, 11) is 0. The summed E-state index contributed by atoms with van der Waals surface area (Å²) in [5.41, 5.74) is 3.67. The van der Waals surface area contributed by atoms with Crippen molar-refractivity contribution >= 4 is 16.7 Å². The van der Waals surface area contributed by atoms with Crippen LogP contribution in [-0.2, 0) is 6.42 Å². The Morgan fingerprint density at radius 1 is 1.33 bits per heavy atom. The number of non-ortho nitro benzene ring substituents is 1. The first kappa shape index (κ1) is 15.8. The summed E-state index contributed by atoms with van der Waals surface area (Å²) >= 11 is 0. The topological polar surface area (TPSA) is 102 Å². The summed E-state index contributed by atoms with van der Waals surface area (Å²) in [5.74, 6) is 1.94. The van der Waals surface area contributed by atoms with Gasteiger partial charge in [-0.2, -0.15) is 0 Å². The van der Waals surface area contributed by atoms with Crippen LogP contribution in [0.1, 0.15) is 17.9 Å². The first-order valence-electron chi connectivity index (χ1n) is 7.34. The molecular formula is C17H16N2O5. The van der Waals surface area contributed by atoms with Gasteiger partial charge in [-0.15, -0.1) is 0 Å². The van der Waals surface area contributed by atoms with E-state index < -0.39 is 4.92 Å². The van der Waals surface area contributed by atoms with Crippen LogP contribution in [0.3, 0.4) is 0 Å². The van der Waals surface area contributed by atoms with Crippen molar-refractivity contribution in [1.82, 2.24) is 5.48 Å². The number of nitro benzene ring substituents is 1. The van der Waals surface area contributed by atoms with Gasteiger partial charge in [-0.25, -0.2) is 0 Å². The van der Waals surface area contributed by atoms with E-state index in [9.17, 15) is 10.1 Å². The van der Waals surface area contributed by atoms with Gasteiger partial charge in [-0.3, -0.25) is 20.8 Å². The molecule has 2 heterocycles. The number of hydroxylamine groups is 1. The van der Waals surface area contributed by atoms with Crippen molar-refractivity contribution in [2.45, 2.75) is 19.8 Å². The molecule has 0 fully saturated rings. The number of furan rings is 2. The number of nitrogens with zero attached hydrogens (tertiary/aromatic N) is 1. The Kier molecular flexibility index (Phi) is 4.09. The zero-order valence-electron chi connectivity index (χ0n) is 13.0. The maximum Gasteiger partial charge on any atom is 0.270 e. The number of fused-ring (bicyclic) bond motifs is 1. The summed E-state index contributed by atoms with van der Waals surface area (Å²) in [4.78, 5) is 10.6. The number of rotatable bonds is 6. The van der Waals surface area contributed by atoms with E-state index in [1.807, 2.05) is 18.5 Å². The molecule has 124 valence electrons. The second-order valence-electron chi connectivity index (χ2n) is 5.46. The van der Waals surface area contributed by atoms with Gasteiger partial charge in [-0.1, -0.05) is 6.58 Å². The highest BCUT2D eigenvalue weighted by Gasteiger charge is 2.21. The minimum absolute atomic E-state index is 0.0131. The number of hydrogen-bond donors (Lipinski definition) is 2. The van der Waals surface area contributed by atoms with Gasteiger partial charge >= 0.3 is 0 Å². The van der Waals surface area contributed by atoms with Crippen molar-refractivity contribution in [3.63, 3.8) is 0 Å². The molecule has 0 atom stereocenters. The lowest BCUT2D eigenvalue weighted by Gasteiger charge is -2.03. The first-order valence-corrected chi connectivity index (χ1v) is 7.34. The van der Waals surface area contributed by atoms with Crippen LogP contribution in [0, 0.1) is 17.0 Å². The fraction of sp³-hybridized carbons (Fsp3) is 0.176. The van der Waals surface area contributed by atoms with E-state index in [1.54, 1.807) is 12.1 Å². The Bertz CT molecular complexity index is 922. The fourth-order valence-electron chi connectivity index (χ4n) is 2.59. The van der Waals surface area contributed by atoms with E-state index in [4.69, 9.17) is 14.0 Å². The van der Waals surface area contributed by atoms with Crippen LogP contribution >= 0.6 is 0 Å². The van der Waals surface area contributed by atoms with Crippen LogP contribution in [0.2, 0.25) is 0 Å². The number of allylic oxidation sites excluding steroid dienone is 1. The summed E-state index contributed by atoms with van der Waals surface area (Å²) in [6, 6.07) is 8.09. The Hall–Kier alpha value is -3.06. The average Bonchev–Trinajstić information content (AvgIpc) is 3.14. The highest BCUT2D eigenvalue weighted by Crippen LogP contribution is 2.38. The Morgan fingerprint density at radius 3 is 2.75 bits per heavy atom. The zero-order valence-corrected chi connectivity index (χ0v) is 13.0. The third kappa shape index (κ3) is 2.89. The molecule has 24 heavy (non-hydrogen) atoms. The minimum atomic E-state index is -0.444. The van der Waals surface area contributed by atoms with E-state index in [0.717, 1.165) is 5.76 Å². The molecule has 2 N–H and O–H groups in total. The summed E-state index contributed by atoms with van der Waals surface area (Å²) in [6.45, 7) is 5.50. The minimum Gasteiger partial charge on any atom is -0.461 e. The van der Waals surface area contributed by atoms with Crippen molar-refractivity contribution in [1.29, 1.82) is 0 Å². The molecule has 0 aliphatic carbocycles. The molecular weight excluding hydrogens is 312 g/mol. The van der Waals surface area contributed by atoms with Crippen LogP contribution < -0.4 is 5.48 Å². The highest BCUT2D eigenvalue weighted by atomic mass is 16.6. The molecule has 0 spiro atoms. The van der Waals surface area contributed by atoms with Crippen LogP contribution in [0.15, 0.2) is 51.4 Å². The molecule has 3 rings (SSSR count). The van der Waals surface area contributed by atoms with Crippen molar-refractivity contribution in [3.05, 3.63) is 64.2 Å². The lowest BCUT2D eigenvalue weighted by molar-refractivity contribution is -0.384. The maximum absolute atomic E-state index is 11.1. The third-order valence-corrected chi connectivity index (χ3v) is 3.75. The molecule has 3 aromatic rings. The molecule has 0 unspecified atom stereocenters. The predicted molar refractivity (Wildman–Crippen MR) is 87.7 cm³/mol. The highest BCUT2D eigenvalue weighted by molar-refractivity contribution is 5.95. The number of hydrogen-bond acceptors (Lipinski definition) is 6. The predicted octanol–water partition coefficient (Wildman–Crippen LogP) is 4.33. The molecule has 0 radical (unpaired) electrons. The Morgan fingerprint density at radius 2 is 2.12 bits per heavy atom. The standard InChI is InChI=1S/C17H16N2O5/c1-10(18-20)3-6-16-17(15-7-4-11(2)23-15)13-9-12(19(21)22)5-8-14(13)24-16/h4-5,7-9,18,20H,1,3,6H2,2H3. The van der Waals surface area contributed by atoms with Crippen LogP contribution in [0.25, 0.3) is 22.3 Å². The van der Waals surface area contributed by atoms with E-state index in [-0.39, 0.29) is 5.69 Å². The van der Waals surface area contributed by atoms with Gasteiger partial charge in [0.2, 0.25) is 0 Å². The summed E-state index contributed by atoms with van der Waals surface area (Å²) in [5, 5.41) is 20.5. The smallest absolute Gasteiger partial charge is 0.270 e. The second-order valence-corrected chi connectivity index (χ2v) is 5.46. The largest absolute Gasteiger partial charge is 0.461 e. The van der Waals surface area contributed by atoms with E-state index in [1.165, 1.54) is 12.1 Å². The first-order chi connectivity index (χ1) is 11.5. The molecule has 7 heteroatoms. The third-order valence-electron chi connectivity index (χ3n) is 3.75. The molecule has 0 saturated carbocycles. The van der Waals surface area contributed by atoms with Crippen LogP contribution in [-0.4, -0.2) is 10.1 Å². The van der Waals surface area contributed by atoms with Crippen molar-refractivity contribution in [2.24, 2.45) is 0 Å². The summed E-state index contributed by atoms with van der Waals surface area (Å²) < 4.78 is 11.6. The van der Waals surface area contributed by atoms with Gasteiger partial charge in [-0.05, 0) is 31.5 Å². The van der Waals surface area contributed by atoms with E-state index in [0.29, 0.717) is 46.6 Å². The lowest BCUT2D eigenvalue weighted by Crippen LogP contribution is -2.05. The average molecular weight is 328 g/mol. The second kappa shape index (κ2) is 6.21. The van der Waals surface area contributed by atoms with Crippen LogP contribution in [0.5, 0.6) is 0 Å². The summed E-state index contributed by atoms with van der Waals surface area (Å²) in [6.07, 6.45) is 0.912. The van der Waals surface area contributed by atoms with Crippen molar-refractivity contribution in [2.75, 3.05) is 0 Å². The number of benzene rings is 1. The molecule has 0 aliphatic rings. The van der Waals surface area contributed by atoms with Gasteiger partial charge in [0.25, 0.3) is 5.69 Å². The Balaban J connectivity index is 2.15. The fourth-order valence-corrected chi connectivity index (χ4v) is 2.59. The monoisotopic (exact) mass is 328 g/mol. The van der Waals surface area contributed by atoms with E-state index >= 15 is 0 Å². The van der Waals surface area contributed by atoms with E-state index in [2.05, 4.69) is 6.58 Å². The molecule has 7 nitrogen and oxygen atoms in total.